The molecule has 196 valence electrons. The zero-order valence-corrected chi connectivity index (χ0v) is 22.0. The summed E-state index contributed by atoms with van der Waals surface area (Å²) in [4.78, 5) is 18.3. The van der Waals surface area contributed by atoms with Crippen LogP contribution in [0.25, 0.3) is 34.0 Å². The van der Waals surface area contributed by atoms with Gasteiger partial charge in [0, 0.05) is 40.8 Å². The minimum atomic E-state index is -0.761. The van der Waals surface area contributed by atoms with Gasteiger partial charge in [-0.1, -0.05) is 77.4 Å². The van der Waals surface area contributed by atoms with Gasteiger partial charge in [-0.25, -0.2) is 0 Å². The third-order valence-corrected chi connectivity index (χ3v) is 7.55. The monoisotopic (exact) mass is 531 g/mol. The molecule has 1 aliphatic rings. The number of carboxylic acids is 1. The number of methoxy groups -OCH3 is 1. The highest BCUT2D eigenvalue weighted by molar-refractivity contribution is 6.33. The maximum atomic E-state index is 11.3. The highest BCUT2D eigenvalue weighted by Gasteiger charge is 2.36. The molecule has 1 aliphatic heterocycles. The number of hydrogen-bond donors (Lipinski definition) is 1. The normalized spacial score (nSPS) is 15.4. The summed E-state index contributed by atoms with van der Waals surface area (Å²) in [7, 11) is 1.64. The Balaban J connectivity index is 1.22. The number of benzene rings is 3. The molecular weight excluding hydrogens is 502 g/mol. The van der Waals surface area contributed by atoms with Crippen LogP contribution in [0.2, 0.25) is 5.02 Å². The van der Waals surface area contributed by atoms with Crippen molar-refractivity contribution in [2.75, 3.05) is 26.8 Å². The Bertz CT molecular complexity index is 1380. The van der Waals surface area contributed by atoms with Crippen LogP contribution in [0.4, 0.5) is 0 Å². The van der Waals surface area contributed by atoms with E-state index in [1.165, 1.54) is 5.56 Å². The van der Waals surface area contributed by atoms with E-state index in [4.69, 9.17) is 20.9 Å². The molecule has 5 rings (SSSR count). The van der Waals surface area contributed by atoms with Gasteiger partial charge in [0.15, 0.2) is 0 Å². The van der Waals surface area contributed by atoms with Crippen LogP contribution in [0.1, 0.15) is 24.8 Å². The van der Waals surface area contributed by atoms with Crippen LogP contribution in [0.15, 0.2) is 77.3 Å². The maximum Gasteiger partial charge on any atom is 0.303 e. The fourth-order valence-corrected chi connectivity index (χ4v) is 5.45. The SMILES string of the molecule is COCC1(CC(=O)O)CCN(Cc2ccc(-c3noc(-c4ccc(-c5ccccc5)c(Cl)c4)n3)cc2)CC1. The topological polar surface area (TPSA) is 88.7 Å². The fourth-order valence-electron chi connectivity index (χ4n) is 5.16. The maximum absolute atomic E-state index is 11.3. The minimum Gasteiger partial charge on any atom is -0.481 e. The molecule has 0 amide bonds. The predicted molar refractivity (Wildman–Crippen MR) is 147 cm³/mol. The first-order valence-electron chi connectivity index (χ1n) is 12.7. The van der Waals surface area contributed by atoms with Crippen LogP contribution in [0.5, 0.6) is 0 Å². The summed E-state index contributed by atoms with van der Waals surface area (Å²) in [5, 5.41) is 14.1. The zero-order valence-electron chi connectivity index (χ0n) is 21.3. The lowest BCUT2D eigenvalue weighted by molar-refractivity contribution is -0.142. The fraction of sp³-hybridized carbons (Fsp3) is 0.300. The van der Waals surface area contributed by atoms with Crippen molar-refractivity contribution in [1.82, 2.24) is 15.0 Å². The van der Waals surface area contributed by atoms with Crippen LogP contribution in [-0.2, 0) is 16.1 Å². The molecule has 0 saturated carbocycles. The Hall–Kier alpha value is -3.52. The van der Waals surface area contributed by atoms with Gasteiger partial charge in [0.05, 0.1) is 13.0 Å². The number of carboxylic acid groups (broad SMARTS) is 1. The van der Waals surface area contributed by atoms with Crippen LogP contribution in [0, 0.1) is 5.41 Å². The molecule has 0 atom stereocenters. The first-order chi connectivity index (χ1) is 18.4. The van der Waals surface area contributed by atoms with E-state index in [9.17, 15) is 9.90 Å². The molecule has 0 aliphatic carbocycles. The Kier molecular flexibility index (Phi) is 7.88. The standard InChI is InChI=1S/C30H30ClN3O4/c1-37-20-30(18-27(35)36)13-15-34(16-14-30)19-21-7-9-23(10-8-21)28-32-29(38-33-28)24-11-12-25(26(31)17-24)22-5-3-2-4-6-22/h2-12,17H,13-16,18-20H2,1H3,(H,35,36). The molecule has 2 heterocycles. The van der Waals surface area contributed by atoms with Crippen molar-refractivity contribution >= 4 is 17.6 Å². The third-order valence-electron chi connectivity index (χ3n) is 7.24. The molecule has 0 unspecified atom stereocenters. The zero-order chi connectivity index (χ0) is 26.5. The summed E-state index contributed by atoms with van der Waals surface area (Å²) < 4.78 is 10.9. The van der Waals surface area contributed by atoms with Crippen molar-refractivity contribution in [1.29, 1.82) is 0 Å². The molecule has 0 bridgehead atoms. The van der Waals surface area contributed by atoms with Crippen LogP contribution in [-0.4, -0.2) is 52.9 Å². The number of halogens is 1. The largest absolute Gasteiger partial charge is 0.481 e. The number of hydrogen-bond acceptors (Lipinski definition) is 6. The van der Waals surface area contributed by atoms with Gasteiger partial charge in [0.1, 0.15) is 0 Å². The number of aliphatic carboxylic acids is 1. The quantitative estimate of drug-likeness (QED) is 0.266. The van der Waals surface area contributed by atoms with E-state index < -0.39 is 5.97 Å². The molecule has 7 nitrogen and oxygen atoms in total. The van der Waals surface area contributed by atoms with Gasteiger partial charge in [0.25, 0.3) is 5.89 Å². The molecule has 3 aromatic carbocycles. The number of likely N-dealkylation sites (tertiary alicyclic amines) is 1. The lowest BCUT2D eigenvalue weighted by atomic mass is 9.76. The first kappa shape index (κ1) is 26.1. The van der Waals surface area contributed by atoms with Crippen LogP contribution < -0.4 is 0 Å². The van der Waals surface area contributed by atoms with Gasteiger partial charge in [-0.15, -0.1) is 0 Å². The van der Waals surface area contributed by atoms with E-state index in [1.807, 2.05) is 60.7 Å². The van der Waals surface area contributed by atoms with Gasteiger partial charge in [-0.2, -0.15) is 4.98 Å². The van der Waals surface area contributed by atoms with E-state index in [-0.39, 0.29) is 11.8 Å². The van der Waals surface area contributed by atoms with E-state index >= 15 is 0 Å². The van der Waals surface area contributed by atoms with Gasteiger partial charge < -0.3 is 14.4 Å². The van der Waals surface area contributed by atoms with Crippen LogP contribution >= 0.6 is 11.6 Å². The van der Waals surface area contributed by atoms with E-state index in [0.29, 0.717) is 23.3 Å². The third kappa shape index (κ3) is 5.96. The minimum absolute atomic E-state index is 0.152. The molecule has 38 heavy (non-hydrogen) atoms. The molecular formula is C30H30ClN3O4. The van der Waals surface area contributed by atoms with Gasteiger partial charge >= 0.3 is 5.97 Å². The molecule has 4 aromatic rings. The van der Waals surface area contributed by atoms with Crippen molar-refractivity contribution in [3.05, 3.63) is 83.4 Å². The lowest BCUT2D eigenvalue weighted by Gasteiger charge is -2.40. The van der Waals surface area contributed by atoms with Crippen molar-refractivity contribution < 1.29 is 19.2 Å². The Morgan fingerprint density at radius 2 is 1.74 bits per heavy atom. The Morgan fingerprint density at radius 3 is 2.39 bits per heavy atom. The Morgan fingerprint density at radius 1 is 1.03 bits per heavy atom. The van der Waals surface area contributed by atoms with Gasteiger partial charge in [-0.05, 0) is 49.2 Å². The van der Waals surface area contributed by atoms with Crippen molar-refractivity contribution in [2.24, 2.45) is 5.41 Å². The number of rotatable bonds is 9. The molecule has 0 radical (unpaired) electrons. The summed E-state index contributed by atoms with van der Waals surface area (Å²) in [5.74, 6) is 0.175. The lowest BCUT2D eigenvalue weighted by Crippen LogP contribution is -2.43. The van der Waals surface area contributed by atoms with Crippen molar-refractivity contribution in [3.8, 4) is 34.0 Å². The molecule has 8 heteroatoms. The second-order valence-corrected chi connectivity index (χ2v) is 10.4. The summed E-state index contributed by atoms with van der Waals surface area (Å²) in [6.45, 7) is 2.98. The van der Waals surface area contributed by atoms with E-state index in [0.717, 1.165) is 54.7 Å². The van der Waals surface area contributed by atoms with Gasteiger partial charge in [0.2, 0.25) is 5.82 Å². The molecule has 0 spiro atoms. The predicted octanol–water partition coefficient (Wildman–Crippen LogP) is 6.43. The number of aromatic nitrogens is 2. The molecule has 1 N–H and O–H groups in total. The van der Waals surface area contributed by atoms with Crippen LogP contribution in [0.3, 0.4) is 0 Å². The second kappa shape index (κ2) is 11.5. The van der Waals surface area contributed by atoms with E-state index in [1.54, 1.807) is 7.11 Å². The molecule has 1 saturated heterocycles. The highest BCUT2D eigenvalue weighted by atomic mass is 35.5. The molecule has 1 fully saturated rings. The number of ether oxygens (including phenoxy) is 1. The number of nitrogens with zero attached hydrogens (tertiary/aromatic N) is 3. The summed E-state index contributed by atoms with van der Waals surface area (Å²) in [6.07, 6.45) is 1.78. The van der Waals surface area contributed by atoms with Gasteiger partial charge in [-0.3, -0.25) is 9.69 Å². The first-order valence-corrected chi connectivity index (χ1v) is 13.0. The molecule has 1 aromatic heterocycles. The summed E-state index contributed by atoms with van der Waals surface area (Å²) >= 11 is 6.56. The summed E-state index contributed by atoms with van der Waals surface area (Å²) in [5.41, 5.74) is 4.54. The Labute approximate surface area is 227 Å². The highest BCUT2D eigenvalue weighted by Crippen LogP contribution is 2.36. The average molecular weight is 532 g/mol. The number of piperidine rings is 1. The summed E-state index contributed by atoms with van der Waals surface area (Å²) in [6, 6.07) is 23.9. The van der Waals surface area contributed by atoms with E-state index in [2.05, 4.69) is 27.2 Å². The van der Waals surface area contributed by atoms with Crippen molar-refractivity contribution in [3.63, 3.8) is 0 Å². The average Bonchev–Trinajstić information content (AvgIpc) is 3.41. The van der Waals surface area contributed by atoms with Crippen molar-refractivity contribution in [2.45, 2.75) is 25.8 Å². The second-order valence-electron chi connectivity index (χ2n) is 9.96. The smallest absolute Gasteiger partial charge is 0.303 e. The number of carbonyl (C=O) groups is 1.